The van der Waals surface area contributed by atoms with Crippen LogP contribution in [0.3, 0.4) is 0 Å². The lowest BCUT2D eigenvalue weighted by Crippen LogP contribution is -2.24. The van der Waals surface area contributed by atoms with Gasteiger partial charge in [0.1, 0.15) is 0 Å². The van der Waals surface area contributed by atoms with Crippen LogP contribution in [0.15, 0.2) is 0 Å². The number of hydrogen-bond donors (Lipinski definition) is 1. The molecule has 0 aromatic heterocycles. The number of carbonyl (C=O) groups is 1. The summed E-state index contributed by atoms with van der Waals surface area (Å²) in [4.78, 5) is 13.7. The van der Waals surface area contributed by atoms with E-state index in [-0.39, 0.29) is 11.8 Å². The van der Waals surface area contributed by atoms with Gasteiger partial charge in [0.2, 0.25) is 5.91 Å². The van der Waals surface area contributed by atoms with E-state index in [1.165, 1.54) is 70.6 Å². The number of primary amides is 1. The number of carbonyl (C=O) groups excluding carboxylic acids is 1. The molecule has 0 aliphatic rings. The molecule has 1 atom stereocenters. The topological polar surface area (TPSA) is 46.3 Å². The molecule has 0 saturated heterocycles. The molecule has 0 fully saturated rings. The van der Waals surface area contributed by atoms with Crippen LogP contribution in [-0.4, -0.2) is 31.4 Å². The van der Waals surface area contributed by atoms with Crippen LogP contribution in [0, 0.1) is 5.92 Å². The van der Waals surface area contributed by atoms with E-state index in [0.29, 0.717) is 0 Å². The average molecular weight is 341 g/mol. The molecule has 0 rings (SSSR count). The van der Waals surface area contributed by atoms with Crippen molar-refractivity contribution in [2.75, 3.05) is 20.6 Å². The van der Waals surface area contributed by atoms with Crippen molar-refractivity contribution in [3.63, 3.8) is 0 Å². The SMILES string of the molecule is CCCCCCCCCCCCCCC(CCCN(C)C)C(N)=O. The van der Waals surface area contributed by atoms with E-state index >= 15 is 0 Å². The van der Waals surface area contributed by atoms with Gasteiger partial charge < -0.3 is 10.6 Å². The van der Waals surface area contributed by atoms with Gasteiger partial charge in [0.25, 0.3) is 0 Å². The van der Waals surface area contributed by atoms with Gasteiger partial charge in [0.05, 0.1) is 0 Å². The Morgan fingerprint density at radius 1 is 0.750 bits per heavy atom. The molecule has 0 aromatic rings. The van der Waals surface area contributed by atoms with Gasteiger partial charge in [0.15, 0.2) is 0 Å². The van der Waals surface area contributed by atoms with Crippen molar-refractivity contribution in [2.45, 2.75) is 103 Å². The Morgan fingerprint density at radius 2 is 1.17 bits per heavy atom. The normalized spacial score (nSPS) is 12.7. The largest absolute Gasteiger partial charge is 0.369 e. The number of unbranched alkanes of at least 4 members (excludes halogenated alkanes) is 11. The number of hydrogen-bond acceptors (Lipinski definition) is 2. The van der Waals surface area contributed by atoms with Crippen molar-refractivity contribution < 1.29 is 4.79 Å². The third-order valence-corrected chi connectivity index (χ3v) is 4.97. The first-order chi connectivity index (χ1) is 11.6. The molecule has 0 spiro atoms. The minimum Gasteiger partial charge on any atom is -0.369 e. The number of amides is 1. The van der Waals surface area contributed by atoms with Gasteiger partial charge in [0, 0.05) is 5.92 Å². The Balaban J connectivity index is 3.41. The Labute approximate surface area is 151 Å². The fourth-order valence-corrected chi connectivity index (χ4v) is 3.31. The highest BCUT2D eigenvalue weighted by molar-refractivity contribution is 5.76. The van der Waals surface area contributed by atoms with Crippen molar-refractivity contribution in [1.82, 2.24) is 4.90 Å². The minimum atomic E-state index is -0.100. The molecular weight excluding hydrogens is 296 g/mol. The zero-order chi connectivity index (χ0) is 18.0. The molecule has 0 radical (unpaired) electrons. The Bertz CT molecular complexity index is 279. The van der Waals surface area contributed by atoms with Gasteiger partial charge in [-0.05, 0) is 39.9 Å². The van der Waals surface area contributed by atoms with Crippen LogP contribution in [0.25, 0.3) is 0 Å². The van der Waals surface area contributed by atoms with Crippen LogP contribution < -0.4 is 5.73 Å². The zero-order valence-corrected chi connectivity index (χ0v) is 16.8. The Morgan fingerprint density at radius 3 is 1.58 bits per heavy atom. The smallest absolute Gasteiger partial charge is 0.220 e. The van der Waals surface area contributed by atoms with Crippen LogP contribution in [0.1, 0.15) is 103 Å². The van der Waals surface area contributed by atoms with Crippen LogP contribution in [-0.2, 0) is 4.79 Å². The molecule has 3 heteroatoms. The fourth-order valence-electron chi connectivity index (χ4n) is 3.31. The van der Waals surface area contributed by atoms with E-state index in [1.807, 2.05) is 0 Å². The quantitative estimate of drug-likeness (QED) is 0.334. The third kappa shape index (κ3) is 16.3. The molecule has 0 aromatic carbocycles. The standard InChI is InChI=1S/C21H44N2O/c1-4-5-6-7-8-9-10-11-12-13-14-15-17-20(21(22)24)18-16-19-23(2)3/h20H,4-19H2,1-3H3,(H2,22,24). The molecule has 0 heterocycles. The molecule has 0 aliphatic carbocycles. The molecule has 0 saturated carbocycles. The second kappa shape index (κ2) is 17.3. The fraction of sp³-hybridized carbons (Fsp3) is 0.952. The van der Waals surface area contributed by atoms with Gasteiger partial charge in [-0.1, -0.05) is 84.0 Å². The van der Waals surface area contributed by atoms with Crippen LogP contribution in [0.5, 0.6) is 0 Å². The summed E-state index contributed by atoms with van der Waals surface area (Å²) in [6.07, 6.45) is 19.3. The van der Waals surface area contributed by atoms with Crippen LogP contribution >= 0.6 is 0 Å². The lowest BCUT2D eigenvalue weighted by atomic mass is 9.95. The molecule has 144 valence electrons. The van der Waals surface area contributed by atoms with Crippen molar-refractivity contribution in [3.8, 4) is 0 Å². The van der Waals surface area contributed by atoms with Gasteiger partial charge >= 0.3 is 0 Å². The van der Waals surface area contributed by atoms with E-state index in [4.69, 9.17) is 5.73 Å². The highest BCUT2D eigenvalue weighted by atomic mass is 16.1. The molecule has 24 heavy (non-hydrogen) atoms. The van der Waals surface area contributed by atoms with E-state index < -0.39 is 0 Å². The maximum Gasteiger partial charge on any atom is 0.220 e. The number of rotatable bonds is 18. The van der Waals surface area contributed by atoms with Crippen LogP contribution in [0.2, 0.25) is 0 Å². The molecular formula is C21H44N2O. The monoisotopic (exact) mass is 340 g/mol. The molecule has 3 nitrogen and oxygen atoms in total. The highest BCUT2D eigenvalue weighted by Gasteiger charge is 2.14. The zero-order valence-electron chi connectivity index (χ0n) is 16.8. The number of nitrogens with zero attached hydrogens (tertiary/aromatic N) is 1. The first-order valence-electron chi connectivity index (χ1n) is 10.5. The number of nitrogens with two attached hydrogens (primary N) is 1. The second-order valence-electron chi connectivity index (χ2n) is 7.72. The minimum absolute atomic E-state index is 0.0908. The summed E-state index contributed by atoms with van der Waals surface area (Å²) in [6, 6.07) is 0. The van der Waals surface area contributed by atoms with Crippen molar-refractivity contribution in [1.29, 1.82) is 0 Å². The van der Waals surface area contributed by atoms with Crippen molar-refractivity contribution in [3.05, 3.63) is 0 Å². The summed E-state index contributed by atoms with van der Waals surface area (Å²) < 4.78 is 0. The predicted octanol–water partition coefficient (Wildman–Crippen LogP) is 5.52. The molecule has 0 bridgehead atoms. The van der Waals surface area contributed by atoms with E-state index in [0.717, 1.165) is 32.2 Å². The average Bonchev–Trinajstić information content (AvgIpc) is 2.53. The first-order valence-corrected chi connectivity index (χ1v) is 10.5. The van der Waals surface area contributed by atoms with Crippen molar-refractivity contribution in [2.24, 2.45) is 11.7 Å². The lowest BCUT2D eigenvalue weighted by molar-refractivity contribution is -0.122. The highest BCUT2D eigenvalue weighted by Crippen LogP contribution is 2.17. The maximum absolute atomic E-state index is 11.5. The first kappa shape index (κ1) is 23.4. The van der Waals surface area contributed by atoms with E-state index in [1.54, 1.807) is 0 Å². The molecule has 1 unspecified atom stereocenters. The lowest BCUT2D eigenvalue weighted by Gasteiger charge is -2.15. The summed E-state index contributed by atoms with van der Waals surface area (Å²) >= 11 is 0. The third-order valence-electron chi connectivity index (χ3n) is 4.97. The molecule has 0 aliphatic heterocycles. The Kier molecular flexibility index (Phi) is 16.8. The molecule has 2 N–H and O–H groups in total. The maximum atomic E-state index is 11.5. The van der Waals surface area contributed by atoms with Gasteiger partial charge in [-0.15, -0.1) is 0 Å². The van der Waals surface area contributed by atoms with Crippen molar-refractivity contribution >= 4 is 5.91 Å². The summed E-state index contributed by atoms with van der Waals surface area (Å²) in [5, 5.41) is 0. The van der Waals surface area contributed by atoms with E-state index in [9.17, 15) is 4.79 Å². The van der Waals surface area contributed by atoms with Gasteiger partial charge in [-0.3, -0.25) is 4.79 Å². The van der Waals surface area contributed by atoms with Crippen LogP contribution in [0.4, 0.5) is 0 Å². The van der Waals surface area contributed by atoms with Gasteiger partial charge in [-0.2, -0.15) is 0 Å². The Hall–Kier alpha value is -0.570. The summed E-state index contributed by atoms with van der Waals surface area (Å²) in [7, 11) is 4.15. The predicted molar refractivity (Wildman–Crippen MR) is 106 cm³/mol. The summed E-state index contributed by atoms with van der Waals surface area (Å²) in [5.41, 5.74) is 5.54. The van der Waals surface area contributed by atoms with E-state index in [2.05, 4.69) is 25.9 Å². The second-order valence-corrected chi connectivity index (χ2v) is 7.72. The summed E-state index contributed by atoms with van der Waals surface area (Å²) in [5.74, 6) is -0.00935. The summed E-state index contributed by atoms with van der Waals surface area (Å²) in [6.45, 7) is 3.32. The van der Waals surface area contributed by atoms with Gasteiger partial charge in [-0.25, -0.2) is 0 Å². The molecule has 1 amide bonds.